The number of hydrogen-bond acceptors (Lipinski definition) is 3. The Labute approximate surface area is 121 Å². The van der Waals surface area contributed by atoms with E-state index in [2.05, 4.69) is 4.98 Å². The number of ether oxygens (including phenoxy) is 1. The van der Waals surface area contributed by atoms with Gasteiger partial charge in [0.15, 0.2) is 0 Å². The number of benzene rings is 2. The molecule has 5 heteroatoms. The van der Waals surface area contributed by atoms with E-state index in [0.717, 1.165) is 22.5 Å². The fourth-order valence-corrected chi connectivity index (χ4v) is 2.48. The number of nitrogens with zero attached hydrogens (tertiary/aromatic N) is 2. The number of aromatic nitrogens is 2. The van der Waals surface area contributed by atoms with Gasteiger partial charge in [-0.1, -0.05) is 17.7 Å². The number of para-hydroxylation sites is 1. The van der Waals surface area contributed by atoms with Crippen LogP contribution in [0.5, 0.6) is 5.75 Å². The summed E-state index contributed by atoms with van der Waals surface area (Å²) in [5, 5.41) is 0.626. The second kappa shape index (κ2) is 5.06. The summed E-state index contributed by atoms with van der Waals surface area (Å²) in [7, 11) is 0. The number of anilines is 1. The molecule has 0 fully saturated rings. The van der Waals surface area contributed by atoms with Gasteiger partial charge in [-0.3, -0.25) is 4.57 Å². The highest BCUT2D eigenvalue weighted by molar-refractivity contribution is 6.35. The summed E-state index contributed by atoms with van der Waals surface area (Å²) in [6.45, 7) is 2.59. The van der Waals surface area contributed by atoms with Gasteiger partial charge in [-0.15, -0.1) is 0 Å². The van der Waals surface area contributed by atoms with E-state index in [1.807, 2.05) is 54.0 Å². The van der Waals surface area contributed by atoms with Gasteiger partial charge < -0.3 is 10.5 Å². The maximum absolute atomic E-state index is 6.27. The molecular formula is C15H14ClN3O. The minimum absolute atomic E-state index is 0.414. The Balaban J connectivity index is 2.16. The van der Waals surface area contributed by atoms with Crippen LogP contribution in [0.2, 0.25) is 5.02 Å². The Kier molecular flexibility index (Phi) is 3.24. The Morgan fingerprint density at radius 1 is 1.20 bits per heavy atom. The van der Waals surface area contributed by atoms with Crippen LogP contribution in [0.15, 0.2) is 42.5 Å². The van der Waals surface area contributed by atoms with Crippen LogP contribution in [0, 0.1) is 0 Å². The lowest BCUT2D eigenvalue weighted by atomic mass is 10.2. The van der Waals surface area contributed by atoms with Crippen LogP contribution in [-0.2, 0) is 0 Å². The molecule has 0 unspecified atom stereocenters. The molecule has 4 nitrogen and oxygen atoms in total. The van der Waals surface area contributed by atoms with E-state index >= 15 is 0 Å². The van der Waals surface area contributed by atoms with Gasteiger partial charge in [0.2, 0.25) is 5.95 Å². The number of fused-ring (bicyclic) bond motifs is 1. The zero-order valence-corrected chi connectivity index (χ0v) is 11.8. The first-order valence-electron chi connectivity index (χ1n) is 6.36. The first-order chi connectivity index (χ1) is 9.70. The van der Waals surface area contributed by atoms with Gasteiger partial charge in [0.05, 0.1) is 22.7 Å². The standard InChI is InChI=1S/C15H14ClN3O/c1-2-20-11-8-6-10(7-9-11)19-14-12(16)4-3-5-13(14)18-15(19)17/h3-9H,2H2,1H3,(H2,17,18). The van der Waals surface area contributed by atoms with E-state index in [4.69, 9.17) is 22.1 Å². The van der Waals surface area contributed by atoms with Gasteiger partial charge in [0, 0.05) is 5.69 Å². The summed E-state index contributed by atoms with van der Waals surface area (Å²) in [4.78, 5) is 4.33. The summed E-state index contributed by atoms with van der Waals surface area (Å²) in [5.74, 6) is 1.24. The minimum atomic E-state index is 0.414. The maximum atomic E-state index is 6.27. The van der Waals surface area contributed by atoms with Crippen LogP contribution in [0.3, 0.4) is 0 Å². The molecule has 3 aromatic rings. The largest absolute Gasteiger partial charge is 0.494 e. The number of nitrogen functional groups attached to an aromatic ring is 1. The molecule has 1 aromatic heterocycles. The number of halogens is 1. The zero-order chi connectivity index (χ0) is 14.1. The SMILES string of the molecule is CCOc1ccc(-n2c(N)nc3cccc(Cl)c32)cc1. The molecule has 0 saturated carbocycles. The number of hydrogen-bond donors (Lipinski definition) is 1. The van der Waals surface area contributed by atoms with E-state index < -0.39 is 0 Å². The molecule has 102 valence electrons. The van der Waals surface area contributed by atoms with Gasteiger partial charge >= 0.3 is 0 Å². The van der Waals surface area contributed by atoms with Crippen LogP contribution in [0.1, 0.15) is 6.92 Å². The molecule has 0 radical (unpaired) electrons. The molecule has 0 amide bonds. The third-order valence-electron chi connectivity index (χ3n) is 3.06. The Bertz CT molecular complexity index is 750. The van der Waals surface area contributed by atoms with Gasteiger partial charge in [-0.25, -0.2) is 4.98 Å². The van der Waals surface area contributed by atoms with Crippen molar-refractivity contribution in [2.45, 2.75) is 6.92 Å². The highest BCUT2D eigenvalue weighted by Gasteiger charge is 2.12. The zero-order valence-electron chi connectivity index (χ0n) is 11.0. The quantitative estimate of drug-likeness (QED) is 0.800. The van der Waals surface area contributed by atoms with Crippen molar-refractivity contribution in [3.05, 3.63) is 47.5 Å². The third kappa shape index (κ3) is 2.08. The number of rotatable bonds is 3. The summed E-state index contributed by atoms with van der Waals surface area (Å²) >= 11 is 6.27. The highest BCUT2D eigenvalue weighted by Crippen LogP contribution is 2.29. The predicted molar refractivity (Wildman–Crippen MR) is 81.7 cm³/mol. The Morgan fingerprint density at radius 2 is 1.95 bits per heavy atom. The Hall–Kier alpha value is -2.20. The highest BCUT2D eigenvalue weighted by atomic mass is 35.5. The van der Waals surface area contributed by atoms with Crippen LogP contribution in [0.4, 0.5) is 5.95 Å². The molecule has 2 aromatic carbocycles. The lowest BCUT2D eigenvalue weighted by molar-refractivity contribution is 0.340. The first kappa shape index (κ1) is 12.8. The van der Waals surface area contributed by atoms with Crippen molar-refractivity contribution in [1.29, 1.82) is 0 Å². The molecule has 0 aliphatic rings. The first-order valence-corrected chi connectivity index (χ1v) is 6.74. The molecule has 3 rings (SSSR count). The van der Waals surface area contributed by atoms with Gasteiger partial charge in [-0.05, 0) is 43.3 Å². The van der Waals surface area contributed by atoms with Crippen molar-refractivity contribution >= 4 is 28.6 Å². The average molecular weight is 288 g/mol. The van der Waals surface area contributed by atoms with Crippen molar-refractivity contribution in [2.75, 3.05) is 12.3 Å². The molecule has 0 atom stereocenters. The van der Waals surface area contributed by atoms with Crippen molar-refractivity contribution < 1.29 is 4.74 Å². The third-order valence-corrected chi connectivity index (χ3v) is 3.36. The lowest BCUT2D eigenvalue weighted by Gasteiger charge is -2.09. The molecule has 1 heterocycles. The van der Waals surface area contributed by atoms with E-state index in [9.17, 15) is 0 Å². The molecule has 20 heavy (non-hydrogen) atoms. The normalized spacial score (nSPS) is 10.9. The van der Waals surface area contributed by atoms with Crippen LogP contribution < -0.4 is 10.5 Å². The van der Waals surface area contributed by atoms with E-state index in [0.29, 0.717) is 17.6 Å². The topological polar surface area (TPSA) is 53.1 Å². The summed E-state index contributed by atoms with van der Waals surface area (Å²) in [5.41, 5.74) is 8.51. The lowest BCUT2D eigenvalue weighted by Crippen LogP contribution is -2.01. The summed E-state index contributed by atoms with van der Waals surface area (Å²) in [6, 6.07) is 13.3. The van der Waals surface area contributed by atoms with E-state index in [1.165, 1.54) is 0 Å². The average Bonchev–Trinajstić information content (AvgIpc) is 2.78. The molecule has 0 aliphatic heterocycles. The van der Waals surface area contributed by atoms with Gasteiger partial charge in [-0.2, -0.15) is 0 Å². The van der Waals surface area contributed by atoms with Crippen molar-refractivity contribution in [2.24, 2.45) is 0 Å². The summed E-state index contributed by atoms with van der Waals surface area (Å²) < 4.78 is 7.28. The number of imidazole rings is 1. The summed E-state index contributed by atoms with van der Waals surface area (Å²) in [6.07, 6.45) is 0. The fraction of sp³-hybridized carbons (Fsp3) is 0.133. The Morgan fingerprint density at radius 3 is 2.65 bits per heavy atom. The monoisotopic (exact) mass is 287 g/mol. The molecule has 2 N–H and O–H groups in total. The molecule has 0 spiro atoms. The van der Waals surface area contributed by atoms with E-state index in [1.54, 1.807) is 0 Å². The predicted octanol–water partition coefficient (Wildman–Crippen LogP) is 3.66. The van der Waals surface area contributed by atoms with Crippen molar-refractivity contribution in [3.63, 3.8) is 0 Å². The minimum Gasteiger partial charge on any atom is -0.494 e. The maximum Gasteiger partial charge on any atom is 0.205 e. The van der Waals surface area contributed by atoms with Gasteiger partial charge in [0.1, 0.15) is 5.75 Å². The van der Waals surface area contributed by atoms with Crippen molar-refractivity contribution in [1.82, 2.24) is 9.55 Å². The smallest absolute Gasteiger partial charge is 0.205 e. The second-order valence-corrected chi connectivity index (χ2v) is 4.75. The van der Waals surface area contributed by atoms with Crippen LogP contribution >= 0.6 is 11.6 Å². The van der Waals surface area contributed by atoms with Crippen molar-refractivity contribution in [3.8, 4) is 11.4 Å². The molecule has 0 saturated heterocycles. The number of nitrogens with two attached hydrogens (primary N) is 1. The van der Waals surface area contributed by atoms with Gasteiger partial charge in [0.25, 0.3) is 0 Å². The van der Waals surface area contributed by atoms with E-state index in [-0.39, 0.29) is 0 Å². The fourth-order valence-electron chi connectivity index (χ4n) is 2.22. The van der Waals surface area contributed by atoms with Crippen LogP contribution in [0.25, 0.3) is 16.7 Å². The molecule has 0 bridgehead atoms. The molecular weight excluding hydrogens is 274 g/mol. The second-order valence-electron chi connectivity index (χ2n) is 4.34. The van der Waals surface area contributed by atoms with Crippen LogP contribution in [-0.4, -0.2) is 16.2 Å². The molecule has 0 aliphatic carbocycles.